The highest BCUT2D eigenvalue weighted by molar-refractivity contribution is 7.90. The number of anilines is 1. The summed E-state index contributed by atoms with van der Waals surface area (Å²) in [4.78, 5) is 12.7. The molecule has 0 saturated carbocycles. The maximum absolute atomic E-state index is 12.5. The number of phenols is 1. The van der Waals surface area contributed by atoms with E-state index in [-0.39, 0.29) is 27.6 Å². The Hall–Kier alpha value is -2.83. The van der Waals surface area contributed by atoms with Crippen molar-refractivity contribution in [3.8, 4) is 5.75 Å². The molecular weight excluding hydrogens is 386 g/mol. The van der Waals surface area contributed by atoms with E-state index in [0.717, 1.165) is 0 Å². The van der Waals surface area contributed by atoms with Crippen LogP contribution in [-0.2, 0) is 15.6 Å². The maximum atomic E-state index is 12.5. The Kier molecular flexibility index (Phi) is 5.48. The smallest absolute Gasteiger partial charge is 0.255 e. The summed E-state index contributed by atoms with van der Waals surface area (Å²) in [5.41, 5.74) is 0.937. The minimum absolute atomic E-state index is 0.115. The number of sulfone groups is 1. The molecule has 138 valence electrons. The Morgan fingerprint density at radius 2 is 1.70 bits per heavy atom. The third kappa shape index (κ3) is 4.67. The lowest BCUT2D eigenvalue weighted by Gasteiger charge is -2.09. The predicted octanol–water partition coefficient (Wildman–Crippen LogP) is 4.27. The number of carbonyl (C=O) groups is 1. The van der Waals surface area contributed by atoms with E-state index >= 15 is 0 Å². The number of rotatable bonds is 5. The maximum Gasteiger partial charge on any atom is 0.255 e. The number of amides is 1. The zero-order chi connectivity index (χ0) is 19.4. The number of aromatic hydroxyl groups is 1. The minimum Gasteiger partial charge on any atom is -0.506 e. The SMILES string of the molecule is O=C(Nc1cc(Cl)ccc1O)c1cccc(CS(=O)(=O)c2ccccc2)c1. The lowest BCUT2D eigenvalue weighted by molar-refractivity contribution is 0.102. The molecule has 0 fully saturated rings. The Morgan fingerprint density at radius 3 is 2.44 bits per heavy atom. The molecule has 0 atom stereocenters. The van der Waals surface area contributed by atoms with Crippen LogP contribution in [0.4, 0.5) is 5.69 Å². The van der Waals surface area contributed by atoms with Gasteiger partial charge in [0.25, 0.3) is 5.91 Å². The van der Waals surface area contributed by atoms with Crippen LogP contribution in [0.25, 0.3) is 0 Å². The third-order valence-corrected chi connectivity index (χ3v) is 5.79. The molecule has 3 aromatic carbocycles. The molecule has 0 unspecified atom stereocenters. The Balaban J connectivity index is 1.81. The van der Waals surface area contributed by atoms with E-state index in [0.29, 0.717) is 10.6 Å². The molecule has 0 aliphatic carbocycles. The fourth-order valence-electron chi connectivity index (χ4n) is 2.54. The van der Waals surface area contributed by atoms with Gasteiger partial charge in [0.1, 0.15) is 5.75 Å². The summed E-state index contributed by atoms with van der Waals surface area (Å²) in [6.07, 6.45) is 0. The largest absolute Gasteiger partial charge is 0.506 e. The molecule has 3 rings (SSSR count). The van der Waals surface area contributed by atoms with Gasteiger partial charge in [-0.15, -0.1) is 0 Å². The number of hydrogen-bond acceptors (Lipinski definition) is 4. The van der Waals surface area contributed by atoms with Crippen molar-refractivity contribution in [2.45, 2.75) is 10.6 Å². The number of carbonyl (C=O) groups excluding carboxylic acids is 1. The van der Waals surface area contributed by atoms with Crippen LogP contribution < -0.4 is 5.32 Å². The van der Waals surface area contributed by atoms with Gasteiger partial charge < -0.3 is 10.4 Å². The monoisotopic (exact) mass is 401 g/mol. The van der Waals surface area contributed by atoms with E-state index in [1.165, 1.54) is 36.4 Å². The minimum atomic E-state index is -3.52. The number of benzene rings is 3. The number of halogens is 1. The van der Waals surface area contributed by atoms with Crippen LogP contribution in [-0.4, -0.2) is 19.4 Å². The molecule has 1 amide bonds. The molecular formula is C20H16ClNO4S. The third-order valence-electron chi connectivity index (χ3n) is 3.85. The fourth-order valence-corrected chi connectivity index (χ4v) is 4.06. The van der Waals surface area contributed by atoms with E-state index < -0.39 is 15.7 Å². The summed E-state index contributed by atoms with van der Waals surface area (Å²) in [6, 6.07) is 18.8. The summed E-state index contributed by atoms with van der Waals surface area (Å²) in [5, 5.41) is 12.7. The van der Waals surface area contributed by atoms with Crippen LogP contribution in [0.1, 0.15) is 15.9 Å². The number of nitrogens with one attached hydrogen (secondary N) is 1. The lowest BCUT2D eigenvalue weighted by Crippen LogP contribution is -2.13. The molecule has 27 heavy (non-hydrogen) atoms. The highest BCUT2D eigenvalue weighted by Crippen LogP contribution is 2.27. The van der Waals surface area contributed by atoms with Gasteiger partial charge >= 0.3 is 0 Å². The van der Waals surface area contributed by atoms with Gasteiger partial charge in [-0.25, -0.2) is 8.42 Å². The van der Waals surface area contributed by atoms with E-state index in [9.17, 15) is 18.3 Å². The van der Waals surface area contributed by atoms with Crippen molar-refractivity contribution in [3.63, 3.8) is 0 Å². The molecule has 0 aromatic heterocycles. The van der Waals surface area contributed by atoms with E-state index in [2.05, 4.69) is 5.32 Å². The van der Waals surface area contributed by atoms with Crippen molar-refractivity contribution in [3.05, 3.63) is 88.9 Å². The first kappa shape index (κ1) is 18.9. The standard InChI is InChI=1S/C20H16ClNO4S/c21-16-9-10-19(23)18(12-16)22-20(24)15-6-4-5-14(11-15)13-27(25,26)17-7-2-1-3-8-17/h1-12,23H,13H2,(H,22,24). The molecule has 7 heteroatoms. The second-order valence-electron chi connectivity index (χ2n) is 5.89. The number of hydrogen-bond donors (Lipinski definition) is 2. The van der Waals surface area contributed by atoms with Gasteiger partial charge in [-0.1, -0.05) is 41.9 Å². The average Bonchev–Trinajstić information content (AvgIpc) is 2.65. The molecule has 5 nitrogen and oxygen atoms in total. The zero-order valence-electron chi connectivity index (χ0n) is 14.1. The molecule has 0 saturated heterocycles. The highest BCUT2D eigenvalue weighted by Gasteiger charge is 2.16. The summed E-state index contributed by atoms with van der Waals surface area (Å²) in [5.74, 6) is -0.817. The van der Waals surface area contributed by atoms with Crippen LogP contribution in [0.5, 0.6) is 5.75 Å². The Bertz CT molecular complexity index is 1080. The first-order valence-corrected chi connectivity index (χ1v) is 10.0. The van der Waals surface area contributed by atoms with Gasteiger partial charge in [0.05, 0.1) is 16.3 Å². The van der Waals surface area contributed by atoms with Gasteiger partial charge in [0.15, 0.2) is 9.84 Å². The summed E-state index contributed by atoms with van der Waals surface area (Å²) < 4.78 is 25.0. The van der Waals surface area contributed by atoms with Crippen LogP contribution in [0.3, 0.4) is 0 Å². The fraction of sp³-hybridized carbons (Fsp3) is 0.0500. The van der Waals surface area contributed by atoms with E-state index in [1.807, 2.05) is 0 Å². The summed E-state index contributed by atoms with van der Waals surface area (Å²) in [7, 11) is -3.52. The van der Waals surface area contributed by atoms with Crippen LogP contribution >= 0.6 is 11.6 Å². The van der Waals surface area contributed by atoms with Crippen molar-refractivity contribution < 1.29 is 18.3 Å². The first-order valence-electron chi connectivity index (χ1n) is 8.02. The van der Waals surface area contributed by atoms with Crippen molar-refractivity contribution in [1.29, 1.82) is 0 Å². The van der Waals surface area contributed by atoms with Crippen LogP contribution in [0.15, 0.2) is 77.7 Å². The molecule has 0 bridgehead atoms. The van der Waals surface area contributed by atoms with Crippen molar-refractivity contribution in [2.24, 2.45) is 0 Å². The molecule has 0 spiro atoms. The van der Waals surface area contributed by atoms with Gasteiger partial charge in [0, 0.05) is 10.6 Å². The molecule has 0 radical (unpaired) electrons. The topological polar surface area (TPSA) is 83.5 Å². The van der Waals surface area contributed by atoms with Gasteiger partial charge in [0.2, 0.25) is 0 Å². The first-order chi connectivity index (χ1) is 12.8. The normalized spacial score (nSPS) is 11.1. The Labute approximate surface area is 162 Å². The Morgan fingerprint density at radius 1 is 0.963 bits per heavy atom. The second kappa shape index (κ2) is 7.82. The second-order valence-corrected chi connectivity index (χ2v) is 8.31. The summed E-state index contributed by atoms with van der Waals surface area (Å²) in [6.45, 7) is 0. The predicted molar refractivity (Wildman–Crippen MR) is 105 cm³/mol. The lowest BCUT2D eigenvalue weighted by atomic mass is 10.1. The van der Waals surface area contributed by atoms with E-state index in [1.54, 1.807) is 36.4 Å². The molecule has 0 aliphatic heterocycles. The highest BCUT2D eigenvalue weighted by atomic mass is 35.5. The number of phenolic OH excluding ortho intramolecular Hbond substituents is 1. The molecule has 0 aliphatic rings. The van der Waals surface area contributed by atoms with Gasteiger partial charge in [-0.3, -0.25) is 4.79 Å². The van der Waals surface area contributed by atoms with Crippen LogP contribution in [0.2, 0.25) is 5.02 Å². The molecule has 3 aromatic rings. The van der Waals surface area contributed by atoms with Crippen molar-refractivity contribution >= 4 is 33.0 Å². The van der Waals surface area contributed by atoms with Gasteiger partial charge in [-0.2, -0.15) is 0 Å². The molecule has 0 heterocycles. The molecule has 2 N–H and O–H groups in total. The quantitative estimate of drug-likeness (QED) is 0.625. The van der Waals surface area contributed by atoms with E-state index in [4.69, 9.17) is 11.6 Å². The van der Waals surface area contributed by atoms with Gasteiger partial charge in [-0.05, 0) is 48.0 Å². The van der Waals surface area contributed by atoms with Crippen molar-refractivity contribution in [2.75, 3.05) is 5.32 Å². The summed E-state index contributed by atoms with van der Waals surface area (Å²) >= 11 is 5.87. The van der Waals surface area contributed by atoms with Crippen LogP contribution in [0, 0.1) is 0 Å². The average molecular weight is 402 g/mol. The van der Waals surface area contributed by atoms with Crippen molar-refractivity contribution in [1.82, 2.24) is 0 Å². The zero-order valence-corrected chi connectivity index (χ0v) is 15.7.